The molecule has 0 bridgehead atoms. The average Bonchev–Trinajstić information content (AvgIpc) is 2.65. The molecule has 1 saturated heterocycles. The number of likely N-dealkylation sites (tertiary alicyclic amines) is 1. The highest BCUT2D eigenvalue weighted by atomic mass is 35.5. The summed E-state index contributed by atoms with van der Waals surface area (Å²) < 4.78 is 1.86. The molecular weight excluding hydrogens is 210 g/mol. The first-order chi connectivity index (χ1) is 7.29. The van der Waals surface area contributed by atoms with Crippen molar-refractivity contribution >= 4 is 11.6 Å². The minimum Gasteiger partial charge on any atom is -0.295 e. The van der Waals surface area contributed by atoms with E-state index in [-0.39, 0.29) is 0 Å². The summed E-state index contributed by atoms with van der Waals surface area (Å²) in [7, 11) is 1.96. The molecule has 1 aliphatic rings. The van der Waals surface area contributed by atoms with Crippen LogP contribution in [0.4, 0.5) is 0 Å². The maximum Gasteiger partial charge on any atom is 0.0534 e. The third-order valence-electron chi connectivity index (χ3n) is 3.07. The number of alkyl halides is 1. The molecule has 1 unspecified atom stereocenters. The fourth-order valence-electron chi connectivity index (χ4n) is 2.23. The van der Waals surface area contributed by atoms with Crippen LogP contribution >= 0.6 is 11.6 Å². The predicted molar refractivity (Wildman–Crippen MR) is 62.0 cm³/mol. The number of hydrogen-bond acceptors (Lipinski definition) is 2. The van der Waals surface area contributed by atoms with Gasteiger partial charge in [-0.3, -0.25) is 9.58 Å². The first-order valence-electron chi connectivity index (χ1n) is 5.57. The second-order valence-electron chi connectivity index (χ2n) is 4.30. The van der Waals surface area contributed by atoms with Gasteiger partial charge in [-0.05, 0) is 19.4 Å². The molecule has 0 aromatic carbocycles. The highest BCUT2D eigenvalue weighted by molar-refractivity contribution is 6.18. The van der Waals surface area contributed by atoms with E-state index in [9.17, 15) is 0 Å². The van der Waals surface area contributed by atoms with E-state index in [1.165, 1.54) is 31.4 Å². The number of piperidine rings is 1. The molecule has 2 rings (SSSR count). The van der Waals surface area contributed by atoms with E-state index in [0.29, 0.717) is 6.04 Å². The number of nitrogens with zero attached hydrogens (tertiary/aromatic N) is 3. The Kier molecular flexibility index (Phi) is 3.65. The summed E-state index contributed by atoms with van der Waals surface area (Å²) in [4.78, 5) is 2.48. The van der Waals surface area contributed by atoms with Crippen LogP contribution in [0.2, 0.25) is 0 Å². The van der Waals surface area contributed by atoms with Crippen LogP contribution in [0.15, 0.2) is 12.4 Å². The SMILES string of the molecule is Cn1cc(CN2CCCCC2CCl)cn1. The van der Waals surface area contributed by atoms with Crippen molar-refractivity contribution in [3.05, 3.63) is 18.0 Å². The maximum atomic E-state index is 5.98. The Balaban J connectivity index is 1.97. The normalized spacial score (nSPS) is 23.2. The van der Waals surface area contributed by atoms with E-state index in [1.54, 1.807) is 0 Å². The molecule has 1 aromatic heterocycles. The number of aromatic nitrogens is 2. The van der Waals surface area contributed by atoms with Crippen molar-refractivity contribution in [2.24, 2.45) is 7.05 Å². The highest BCUT2D eigenvalue weighted by Crippen LogP contribution is 2.20. The van der Waals surface area contributed by atoms with E-state index in [2.05, 4.69) is 16.2 Å². The molecule has 1 fully saturated rings. The summed E-state index contributed by atoms with van der Waals surface area (Å²) in [6, 6.07) is 0.556. The molecule has 0 aliphatic carbocycles. The van der Waals surface area contributed by atoms with Crippen LogP contribution in [0.3, 0.4) is 0 Å². The van der Waals surface area contributed by atoms with Crippen LogP contribution in [0.25, 0.3) is 0 Å². The Bertz CT molecular complexity index is 311. The van der Waals surface area contributed by atoms with Crippen LogP contribution in [0.5, 0.6) is 0 Å². The molecule has 2 heterocycles. The van der Waals surface area contributed by atoms with Gasteiger partial charge < -0.3 is 0 Å². The van der Waals surface area contributed by atoms with E-state index >= 15 is 0 Å². The third kappa shape index (κ3) is 2.73. The van der Waals surface area contributed by atoms with Crippen molar-refractivity contribution in [1.82, 2.24) is 14.7 Å². The standard InChI is InChI=1S/C11H18ClN3/c1-14-8-10(7-13-14)9-15-5-3-2-4-11(15)6-12/h7-8,11H,2-6,9H2,1H3. The van der Waals surface area contributed by atoms with Crippen LogP contribution in [0, 0.1) is 0 Å². The lowest BCUT2D eigenvalue weighted by molar-refractivity contribution is 0.155. The summed E-state index contributed by atoms with van der Waals surface area (Å²) in [5.74, 6) is 0.750. The topological polar surface area (TPSA) is 21.1 Å². The van der Waals surface area contributed by atoms with Crippen molar-refractivity contribution < 1.29 is 0 Å². The smallest absolute Gasteiger partial charge is 0.0534 e. The average molecular weight is 228 g/mol. The Hall–Kier alpha value is -0.540. The van der Waals surface area contributed by atoms with Crippen LogP contribution in [-0.2, 0) is 13.6 Å². The number of aryl methyl sites for hydroxylation is 1. The molecule has 0 amide bonds. The van der Waals surface area contributed by atoms with E-state index in [0.717, 1.165) is 12.4 Å². The molecule has 3 nitrogen and oxygen atoms in total. The quantitative estimate of drug-likeness (QED) is 0.737. The molecule has 0 spiro atoms. The van der Waals surface area contributed by atoms with E-state index < -0.39 is 0 Å². The summed E-state index contributed by atoms with van der Waals surface area (Å²) in [6.45, 7) is 2.16. The first-order valence-corrected chi connectivity index (χ1v) is 6.10. The predicted octanol–water partition coefficient (Wildman–Crippen LogP) is 2.01. The lowest BCUT2D eigenvalue weighted by Crippen LogP contribution is -2.39. The highest BCUT2D eigenvalue weighted by Gasteiger charge is 2.21. The van der Waals surface area contributed by atoms with Crippen molar-refractivity contribution in [2.75, 3.05) is 12.4 Å². The number of rotatable bonds is 3. The third-order valence-corrected chi connectivity index (χ3v) is 3.43. The van der Waals surface area contributed by atoms with E-state index in [4.69, 9.17) is 11.6 Å². The lowest BCUT2D eigenvalue weighted by atomic mass is 10.0. The van der Waals surface area contributed by atoms with Gasteiger partial charge in [-0.2, -0.15) is 5.10 Å². The molecular formula is C11H18ClN3. The fraction of sp³-hybridized carbons (Fsp3) is 0.727. The van der Waals surface area contributed by atoms with Crippen molar-refractivity contribution in [2.45, 2.75) is 31.8 Å². The van der Waals surface area contributed by atoms with Crippen molar-refractivity contribution in [3.63, 3.8) is 0 Å². The second-order valence-corrected chi connectivity index (χ2v) is 4.61. The minimum atomic E-state index is 0.556. The van der Waals surface area contributed by atoms with Gasteiger partial charge in [-0.1, -0.05) is 6.42 Å². The molecule has 0 saturated carbocycles. The zero-order chi connectivity index (χ0) is 10.7. The van der Waals surface area contributed by atoms with Crippen LogP contribution in [-0.4, -0.2) is 33.1 Å². The maximum absolute atomic E-state index is 5.98. The zero-order valence-corrected chi connectivity index (χ0v) is 9.95. The van der Waals surface area contributed by atoms with Gasteiger partial charge in [0.25, 0.3) is 0 Å². The second kappa shape index (κ2) is 4.99. The zero-order valence-electron chi connectivity index (χ0n) is 9.19. The summed E-state index contributed by atoms with van der Waals surface area (Å²) >= 11 is 5.98. The molecule has 1 aliphatic heterocycles. The van der Waals surface area contributed by atoms with Gasteiger partial charge in [0.2, 0.25) is 0 Å². The van der Waals surface area contributed by atoms with Crippen molar-refractivity contribution in [3.8, 4) is 0 Å². The molecule has 1 atom stereocenters. The number of hydrogen-bond donors (Lipinski definition) is 0. The monoisotopic (exact) mass is 227 g/mol. The van der Waals surface area contributed by atoms with Crippen LogP contribution < -0.4 is 0 Å². The summed E-state index contributed by atoms with van der Waals surface area (Å²) in [5.41, 5.74) is 1.29. The largest absolute Gasteiger partial charge is 0.295 e. The van der Waals surface area contributed by atoms with Gasteiger partial charge in [0.05, 0.1) is 6.20 Å². The van der Waals surface area contributed by atoms with Gasteiger partial charge in [0.15, 0.2) is 0 Å². The molecule has 1 aromatic rings. The van der Waals surface area contributed by atoms with Gasteiger partial charge in [-0.25, -0.2) is 0 Å². The molecule has 4 heteroatoms. The van der Waals surface area contributed by atoms with Gasteiger partial charge in [-0.15, -0.1) is 11.6 Å². The van der Waals surface area contributed by atoms with E-state index in [1.807, 2.05) is 17.9 Å². The molecule has 0 radical (unpaired) electrons. The fourth-order valence-corrected chi connectivity index (χ4v) is 2.58. The first kappa shape index (κ1) is 11.0. The van der Waals surface area contributed by atoms with Crippen LogP contribution in [0.1, 0.15) is 24.8 Å². The Morgan fingerprint density at radius 2 is 2.40 bits per heavy atom. The van der Waals surface area contributed by atoms with Gasteiger partial charge in [0.1, 0.15) is 0 Å². The Morgan fingerprint density at radius 1 is 1.53 bits per heavy atom. The van der Waals surface area contributed by atoms with Gasteiger partial charge in [0, 0.05) is 37.3 Å². The lowest BCUT2D eigenvalue weighted by Gasteiger charge is -2.34. The van der Waals surface area contributed by atoms with Crippen molar-refractivity contribution in [1.29, 1.82) is 0 Å². The molecule has 0 N–H and O–H groups in total. The summed E-state index contributed by atoms with van der Waals surface area (Å²) in [5, 5.41) is 4.19. The Labute approximate surface area is 96.0 Å². The minimum absolute atomic E-state index is 0.556. The Morgan fingerprint density at radius 3 is 3.07 bits per heavy atom. The number of halogens is 1. The van der Waals surface area contributed by atoms with Gasteiger partial charge >= 0.3 is 0 Å². The molecule has 15 heavy (non-hydrogen) atoms. The summed E-state index contributed by atoms with van der Waals surface area (Å²) in [6.07, 6.45) is 7.89. The molecule has 84 valence electrons.